The second-order valence-electron chi connectivity index (χ2n) is 5.96. The van der Waals surface area contributed by atoms with Crippen molar-refractivity contribution in [1.29, 1.82) is 0 Å². The van der Waals surface area contributed by atoms with E-state index in [0.29, 0.717) is 22.9 Å². The van der Waals surface area contributed by atoms with Crippen LogP contribution >= 0.6 is 0 Å². The highest BCUT2D eigenvalue weighted by Crippen LogP contribution is 2.32. The minimum absolute atomic E-state index is 0.275. The molecule has 0 aliphatic carbocycles. The first-order valence-electron chi connectivity index (χ1n) is 8.57. The summed E-state index contributed by atoms with van der Waals surface area (Å²) in [6.45, 7) is 0. The zero-order chi connectivity index (χ0) is 21.0. The zero-order valence-electron chi connectivity index (χ0n) is 16.0. The van der Waals surface area contributed by atoms with Crippen LogP contribution in [0.1, 0.15) is 0 Å². The topological polar surface area (TPSA) is 107 Å². The summed E-state index contributed by atoms with van der Waals surface area (Å²) >= 11 is 0. The summed E-state index contributed by atoms with van der Waals surface area (Å²) in [7, 11) is 4.45. The fourth-order valence-corrected chi connectivity index (χ4v) is 2.77. The first-order chi connectivity index (χ1) is 14.0. The Bertz CT molecular complexity index is 988. The molecule has 1 fully saturated rings. The number of ether oxygens (including phenoxy) is 3. The van der Waals surface area contributed by atoms with Crippen molar-refractivity contribution in [3.05, 3.63) is 42.5 Å². The van der Waals surface area contributed by atoms with Crippen molar-refractivity contribution >= 4 is 35.4 Å². The van der Waals surface area contributed by atoms with Gasteiger partial charge in [-0.15, -0.1) is 0 Å². The molecule has 1 saturated heterocycles. The lowest BCUT2D eigenvalue weighted by atomic mass is 10.1. The predicted octanol–water partition coefficient (Wildman–Crippen LogP) is 2.31. The fraction of sp³-hybridized carbons (Fsp3) is 0.200. The van der Waals surface area contributed by atoms with Gasteiger partial charge in [0.1, 0.15) is 22.9 Å². The fourth-order valence-electron chi connectivity index (χ4n) is 2.77. The van der Waals surface area contributed by atoms with Gasteiger partial charge in [0.2, 0.25) is 5.91 Å². The minimum Gasteiger partial charge on any atom is -0.497 e. The largest absolute Gasteiger partial charge is 0.497 e. The normalized spacial score (nSPS) is 16.7. The van der Waals surface area contributed by atoms with E-state index >= 15 is 0 Å². The molecule has 2 aromatic carbocycles. The molecule has 1 heterocycles. The number of methoxy groups -OCH3 is 3. The number of amides is 4. The molecule has 0 saturated carbocycles. The number of nitrogens with one attached hydrogen (secondary N) is 1. The molecule has 0 aromatic heterocycles. The zero-order valence-corrected chi connectivity index (χ0v) is 16.0. The van der Waals surface area contributed by atoms with Crippen molar-refractivity contribution in [1.82, 2.24) is 5.32 Å². The van der Waals surface area contributed by atoms with Gasteiger partial charge in [0.25, 0.3) is 5.91 Å². The molecule has 4 amide bonds. The third kappa shape index (κ3) is 4.03. The Morgan fingerprint density at radius 2 is 1.69 bits per heavy atom. The van der Waals surface area contributed by atoms with E-state index in [1.807, 2.05) is 0 Å². The van der Waals surface area contributed by atoms with Gasteiger partial charge in [-0.05, 0) is 24.3 Å². The monoisotopic (exact) mass is 397 g/mol. The summed E-state index contributed by atoms with van der Waals surface area (Å²) in [4.78, 5) is 42.5. The number of carbonyl (C=O) groups is 3. The number of anilines is 1. The number of hydrogen-bond donors (Lipinski definition) is 1. The van der Waals surface area contributed by atoms with Crippen LogP contribution < -0.4 is 24.4 Å². The maximum absolute atomic E-state index is 12.9. The van der Waals surface area contributed by atoms with Crippen LogP contribution in [0.2, 0.25) is 0 Å². The predicted molar refractivity (Wildman–Crippen MR) is 105 cm³/mol. The molecule has 9 heteroatoms. The van der Waals surface area contributed by atoms with Crippen LogP contribution in [0.25, 0.3) is 0 Å². The van der Waals surface area contributed by atoms with Crippen molar-refractivity contribution in [2.24, 2.45) is 10.9 Å². The maximum Gasteiger partial charge on any atom is 0.335 e. The molecule has 150 valence electrons. The van der Waals surface area contributed by atoms with Gasteiger partial charge in [0.05, 0.1) is 27.0 Å². The highest BCUT2D eigenvalue weighted by molar-refractivity contribution is 6.32. The molecule has 0 radical (unpaired) electrons. The Balaban J connectivity index is 1.93. The van der Waals surface area contributed by atoms with Gasteiger partial charge in [-0.1, -0.05) is 6.07 Å². The molecule has 29 heavy (non-hydrogen) atoms. The standard InChI is InChI=1S/C20H19N3O6/c1-27-13-6-4-5-12(9-13)23-19(25)15(18(24)22-20(23)26)11-21-16-10-14(28-2)7-8-17(16)29-3/h4-11,15H,1-3H3,(H,22,24,26)/t15-/m0/s1. The van der Waals surface area contributed by atoms with E-state index in [-0.39, 0.29) is 5.69 Å². The van der Waals surface area contributed by atoms with E-state index in [0.717, 1.165) is 4.90 Å². The van der Waals surface area contributed by atoms with Crippen molar-refractivity contribution in [3.63, 3.8) is 0 Å². The van der Waals surface area contributed by atoms with Gasteiger partial charge >= 0.3 is 6.03 Å². The molecule has 1 N–H and O–H groups in total. The maximum atomic E-state index is 12.9. The van der Waals surface area contributed by atoms with Crippen LogP contribution in [0.3, 0.4) is 0 Å². The van der Waals surface area contributed by atoms with Crippen LogP contribution in [-0.2, 0) is 9.59 Å². The molecule has 0 bridgehead atoms. The van der Waals surface area contributed by atoms with Crippen molar-refractivity contribution in [2.45, 2.75) is 0 Å². The van der Waals surface area contributed by atoms with Gasteiger partial charge in [0, 0.05) is 18.3 Å². The first-order valence-corrected chi connectivity index (χ1v) is 8.57. The molecular formula is C20H19N3O6. The lowest BCUT2D eigenvalue weighted by Crippen LogP contribution is -2.58. The van der Waals surface area contributed by atoms with Crippen LogP contribution in [0.5, 0.6) is 17.2 Å². The van der Waals surface area contributed by atoms with E-state index in [4.69, 9.17) is 14.2 Å². The second-order valence-corrected chi connectivity index (χ2v) is 5.96. The number of carbonyl (C=O) groups excluding carboxylic acids is 3. The summed E-state index contributed by atoms with van der Waals surface area (Å²) in [5, 5.41) is 2.17. The van der Waals surface area contributed by atoms with Gasteiger partial charge in [-0.25, -0.2) is 9.69 Å². The summed E-state index contributed by atoms with van der Waals surface area (Å²) in [5.74, 6) is -1.35. The van der Waals surface area contributed by atoms with Gasteiger partial charge in [-0.3, -0.25) is 19.9 Å². The third-order valence-corrected chi connectivity index (χ3v) is 4.26. The van der Waals surface area contributed by atoms with E-state index in [1.165, 1.54) is 33.6 Å². The molecule has 1 atom stereocenters. The Morgan fingerprint density at radius 1 is 0.966 bits per heavy atom. The van der Waals surface area contributed by atoms with Crippen LogP contribution in [0.4, 0.5) is 16.2 Å². The smallest absolute Gasteiger partial charge is 0.335 e. The Labute approximate surface area is 166 Å². The molecule has 9 nitrogen and oxygen atoms in total. The molecule has 0 unspecified atom stereocenters. The van der Waals surface area contributed by atoms with E-state index in [2.05, 4.69) is 10.3 Å². The van der Waals surface area contributed by atoms with Crippen molar-refractivity contribution in [2.75, 3.05) is 26.2 Å². The number of rotatable bonds is 6. The average Bonchev–Trinajstić information content (AvgIpc) is 2.73. The average molecular weight is 397 g/mol. The lowest BCUT2D eigenvalue weighted by molar-refractivity contribution is -0.131. The number of nitrogens with zero attached hydrogens (tertiary/aromatic N) is 2. The number of hydrogen-bond acceptors (Lipinski definition) is 7. The number of barbiturate groups is 1. The quantitative estimate of drug-likeness (QED) is 0.592. The molecule has 2 aromatic rings. The molecular weight excluding hydrogens is 378 g/mol. The Morgan fingerprint density at radius 3 is 2.38 bits per heavy atom. The third-order valence-electron chi connectivity index (χ3n) is 4.26. The number of aliphatic imine (C=N–C) groups is 1. The molecule has 1 aliphatic heterocycles. The number of benzene rings is 2. The van der Waals surface area contributed by atoms with E-state index in [9.17, 15) is 14.4 Å². The van der Waals surface area contributed by atoms with Gasteiger partial charge in [-0.2, -0.15) is 0 Å². The summed E-state index contributed by atoms with van der Waals surface area (Å²) in [6, 6.07) is 10.5. The highest BCUT2D eigenvalue weighted by Gasteiger charge is 2.40. The number of imide groups is 2. The van der Waals surface area contributed by atoms with Gasteiger partial charge < -0.3 is 14.2 Å². The van der Waals surface area contributed by atoms with E-state index in [1.54, 1.807) is 36.4 Å². The SMILES string of the molecule is COc1cccc(N2C(=O)NC(=O)[C@H](C=Nc3cc(OC)ccc3OC)C2=O)c1. The lowest BCUT2D eigenvalue weighted by Gasteiger charge is -2.28. The van der Waals surface area contributed by atoms with Crippen molar-refractivity contribution < 1.29 is 28.6 Å². The van der Waals surface area contributed by atoms with E-state index < -0.39 is 23.8 Å². The van der Waals surface area contributed by atoms with Gasteiger partial charge in [0.15, 0.2) is 5.92 Å². The van der Waals surface area contributed by atoms with Crippen molar-refractivity contribution in [3.8, 4) is 17.2 Å². The Hall–Kier alpha value is -3.88. The van der Waals surface area contributed by atoms with Crippen LogP contribution in [0.15, 0.2) is 47.5 Å². The summed E-state index contributed by atoms with van der Waals surface area (Å²) in [5.41, 5.74) is 0.647. The summed E-state index contributed by atoms with van der Waals surface area (Å²) in [6.07, 6.45) is 1.18. The summed E-state index contributed by atoms with van der Waals surface area (Å²) < 4.78 is 15.5. The highest BCUT2D eigenvalue weighted by atomic mass is 16.5. The second kappa shape index (κ2) is 8.42. The first kappa shape index (κ1) is 19.9. The molecule has 3 rings (SSSR count). The molecule has 0 spiro atoms. The van der Waals surface area contributed by atoms with Crippen LogP contribution in [0, 0.1) is 5.92 Å². The number of urea groups is 1. The minimum atomic E-state index is -1.30. The Kier molecular flexibility index (Phi) is 5.77. The van der Waals surface area contributed by atoms with Crippen LogP contribution in [-0.4, -0.2) is 45.4 Å². The molecule has 1 aliphatic rings.